The maximum absolute atomic E-state index is 14.0. The summed E-state index contributed by atoms with van der Waals surface area (Å²) >= 11 is 6.32. The Balaban J connectivity index is 1.47. The van der Waals surface area contributed by atoms with Gasteiger partial charge in [-0.15, -0.1) is 0 Å². The van der Waals surface area contributed by atoms with E-state index in [2.05, 4.69) is 0 Å². The van der Waals surface area contributed by atoms with Crippen LogP contribution in [-0.2, 0) is 5.54 Å². The van der Waals surface area contributed by atoms with Crippen LogP contribution in [0.3, 0.4) is 0 Å². The first-order valence-electron chi connectivity index (χ1n) is 11.6. The van der Waals surface area contributed by atoms with E-state index in [0.717, 1.165) is 5.56 Å². The first-order chi connectivity index (χ1) is 17.3. The largest absolute Gasteiger partial charge is 0.478 e. The number of carbonyl (C=O) groups is 2. The van der Waals surface area contributed by atoms with Crippen LogP contribution in [-0.4, -0.2) is 55.3 Å². The summed E-state index contributed by atoms with van der Waals surface area (Å²) in [5, 5.41) is 19.4. The van der Waals surface area contributed by atoms with Crippen molar-refractivity contribution in [1.29, 1.82) is 0 Å². The third-order valence-corrected chi connectivity index (χ3v) is 7.36. The summed E-state index contributed by atoms with van der Waals surface area (Å²) in [6.45, 7) is 0.633. The fourth-order valence-electron chi connectivity index (χ4n) is 5.09. The van der Waals surface area contributed by atoms with Crippen LogP contribution >= 0.6 is 11.6 Å². The predicted octanol–water partition coefficient (Wildman–Crippen LogP) is 3.50. The molecule has 1 aliphatic heterocycles. The molecule has 1 amide bonds. The van der Waals surface area contributed by atoms with E-state index in [1.54, 1.807) is 62.6 Å². The van der Waals surface area contributed by atoms with Crippen molar-refractivity contribution in [3.8, 4) is 5.69 Å². The van der Waals surface area contributed by atoms with Crippen molar-refractivity contribution >= 4 is 34.5 Å². The number of hydrogen-bond acceptors (Lipinski definition) is 4. The van der Waals surface area contributed by atoms with Gasteiger partial charge in [-0.2, -0.15) is 0 Å². The molecule has 3 aromatic carbocycles. The zero-order chi connectivity index (χ0) is 25.2. The molecule has 2 fully saturated rings. The molecule has 1 saturated heterocycles. The Morgan fingerprint density at radius 3 is 2.28 bits per heavy atom. The Morgan fingerprint density at radius 1 is 0.917 bits per heavy atom. The number of imidazole rings is 1. The Labute approximate surface area is 210 Å². The smallest absolute Gasteiger partial charge is 0.335 e. The molecule has 9 heteroatoms. The standard InChI is InChI=1S/C27H22ClN3O5/c28-19-6-9-22-23(13-19)30(20-7-4-16(5-8-20)24(33)29-14-21(32)15-29)26(36)31(22)27(10-11-27)18-3-1-2-17(12-18)25(34)35/h1-9,12-13,21,32H,10-11,14-15H2,(H,34,35). The number of aliphatic hydroxyl groups excluding tert-OH is 1. The number of likely N-dealkylation sites (tertiary alicyclic amines) is 1. The second-order valence-corrected chi connectivity index (χ2v) is 9.85. The predicted molar refractivity (Wildman–Crippen MR) is 134 cm³/mol. The van der Waals surface area contributed by atoms with Crippen molar-refractivity contribution in [3.63, 3.8) is 0 Å². The van der Waals surface area contributed by atoms with E-state index in [0.29, 0.717) is 53.2 Å². The van der Waals surface area contributed by atoms with Crippen LogP contribution in [0.2, 0.25) is 5.02 Å². The third kappa shape index (κ3) is 3.44. The molecule has 0 radical (unpaired) electrons. The molecule has 8 nitrogen and oxygen atoms in total. The molecule has 0 bridgehead atoms. The van der Waals surface area contributed by atoms with Crippen molar-refractivity contribution in [2.75, 3.05) is 13.1 Å². The van der Waals surface area contributed by atoms with Crippen molar-refractivity contribution in [3.05, 3.63) is 98.9 Å². The maximum atomic E-state index is 14.0. The zero-order valence-corrected chi connectivity index (χ0v) is 19.9. The molecule has 0 spiro atoms. The van der Waals surface area contributed by atoms with E-state index in [9.17, 15) is 24.6 Å². The number of β-amino-alcohol motifs (C(OH)–C–C–N with tert-alkyl or cyclic N) is 1. The van der Waals surface area contributed by atoms with Crippen LogP contribution in [0.5, 0.6) is 0 Å². The second-order valence-electron chi connectivity index (χ2n) is 9.41. The average Bonchev–Trinajstić information content (AvgIpc) is 3.60. The van der Waals surface area contributed by atoms with Gasteiger partial charge in [0.25, 0.3) is 5.91 Å². The zero-order valence-electron chi connectivity index (χ0n) is 19.1. The van der Waals surface area contributed by atoms with Crippen molar-refractivity contribution < 1.29 is 19.8 Å². The number of rotatable bonds is 5. The van der Waals surface area contributed by atoms with Gasteiger partial charge in [0.15, 0.2) is 0 Å². The van der Waals surface area contributed by atoms with Crippen LogP contribution in [0.1, 0.15) is 39.1 Å². The molecule has 36 heavy (non-hydrogen) atoms. The topological polar surface area (TPSA) is 105 Å². The van der Waals surface area contributed by atoms with Crippen molar-refractivity contribution in [2.24, 2.45) is 0 Å². The van der Waals surface area contributed by atoms with Gasteiger partial charge in [-0.05, 0) is 73.0 Å². The summed E-state index contributed by atoms with van der Waals surface area (Å²) in [5.74, 6) is -1.18. The number of hydrogen-bond donors (Lipinski definition) is 2. The fraction of sp³-hybridized carbons (Fsp3) is 0.222. The van der Waals surface area contributed by atoms with Gasteiger partial charge in [0, 0.05) is 23.7 Å². The molecule has 1 aliphatic carbocycles. The number of aromatic carboxylic acids is 1. The molecule has 1 saturated carbocycles. The van der Waals surface area contributed by atoms with Gasteiger partial charge in [0.2, 0.25) is 0 Å². The summed E-state index contributed by atoms with van der Waals surface area (Å²) in [4.78, 5) is 39.7. The summed E-state index contributed by atoms with van der Waals surface area (Å²) in [5.41, 5.74) is 2.41. The number of halogens is 1. The Hall–Kier alpha value is -3.88. The summed E-state index contributed by atoms with van der Waals surface area (Å²) < 4.78 is 3.31. The SMILES string of the molecule is O=C(O)c1cccc(C2(n3c(=O)n(-c4ccc(C(=O)N5CC(O)C5)cc4)c4cc(Cl)ccc43)CC2)c1. The first kappa shape index (κ1) is 22.6. The van der Waals surface area contributed by atoms with Crippen molar-refractivity contribution in [2.45, 2.75) is 24.5 Å². The van der Waals surface area contributed by atoms with E-state index in [1.165, 1.54) is 6.07 Å². The molecule has 1 aromatic heterocycles. The van der Waals surface area contributed by atoms with Crippen LogP contribution < -0.4 is 5.69 Å². The van der Waals surface area contributed by atoms with Crippen LogP contribution in [0.15, 0.2) is 71.5 Å². The second kappa shape index (κ2) is 8.08. The highest BCUT2D eigenvalue weighted by Crippen LogP contribution is 2.50. The molecule has 2 N–H and O–H groups in total. The lowest BCUT2D eigenvalue weighted by Gasteiger charge is -2.35. The van der Waals surface area contributed by atoms with E-state index >= 15 is 0 Å². The Kier molecular flexibility index (Phi) is 5.07. The third-order valence-electron chi connectivity index (χ3n) is 7.12. The van der Waals surface area contributed by atoms with Crippen molar-refractivity contribution in [1.82, 2.24) is 14.0 Å². The highest BCUT2D eigenvalue weighted by Gasteiger charge is 2.49. The van der Waals surface area contributed by atoms with Crippen LogP contribution in [0.4, 0.5) is 0 Å². The lowest BCUT2D eigenvalue weighted by Crippen LogP contribution is -2.53. The number of benzene rings is 3. The first-order valence-corrected chi connectivity index (χ1v) is 12.0. The number of carboxylic acid groups (broad SMARTS) is 1. The molecule has 182 valence electrons. The average molecular weight is 504 g/mol. The van der Waals surface area contributed by atoms with Gasteiger partial charge in [-0.3, -0.25) is 13.9 Å². The number of carbonyl (C=O) groups excluding carboxylic acids is 1. The lowest BCUT2D eigenvalue weighted by atomic mass is 10.0. The van der Waals surface area contributed by atoms with E-state index < -0.39 is 17.6 Å². The van der Waals surface area contributed by atoms with Gasteiger partial charge in [-0.1, -0.05) is 23.7 Å². The maximum Gasteiger partial charge on any atom is 0.335 e. The van der Waals surface area contributed by atoms with Gasteiger partial charge in [0.05, 0.1) is 33.9 Å². The van der Waals surface area contributed by atoms with Gasteiger partial charge < -0.3 is 15.1 Å². The molecular weight excluding hydrogens is 482 g/mol. The number of carboxylic acids is 1. The number of nitrogens with zero attached hydrogens (tertiary/aromatic N) is 3. The van der Waals surface area contributed by atoms with E-state index in [1.807, 2.05) is 12.1 Å². The van der Waals surface area contributed by atoms with Crippen LogP contribution in [0.25, 0.3) is 16.7 Å². The van der Waals surface area contributed by atoms with Gasteiger partial charge in [-0.25, -0.2) is 9.59 Å². The fourth-order valence-corrected chi connectivity index (χ4v) is 5.26. The molecule has 4 aromatic rings. The minimum atomic E-state index is -1.02. The van der Waals surface area contributed by atoms with E-state index in [4.69, 9.17) is 11.6 Å². The molecule has 0 atom stereocenters. The highest BCUT2D eigenvalue weighted by atomic mass is 35.5. The summed E-state index contributed by atoms with van der Waals surface area (Å²) in [6.07, 6.45) is 0.924. The molecule has 2 aliphatic rings. The molecule has 6 rings (SSSR count). The quantitative estimate of drug-likeness (QED) is 0.434. The minimum absolute atomic E-state index is 0.167. The molecular formula is C27H22ClN3O5. The highest BCUT2D eigenvalue weighted by molar-refractivity contribution is 6.31. The number of fused-ring (bicyclic) bond motifs is 1. The minimum Gasteiger partial charge on any atom is -0.478 e. The number of amides is 1. The summed E-state index contributed by atoms with van der Waals surface area (Å²) in [7, 11) is 0. The van der Waals surface area contributed by atoms with Crippen LogP contribution in [0, 0.1) is 0 Å². The van der Waals surface area contributed by atoms with Gasteiger partial charge in [0.1, 0.15) is 0 Å². The van der Waals surface area contributed by atoms with Gasteiger partial charge >= 0.3 is 11.7 Å². The number of aromatic nitrogens is 2. The Bertz CT molecular complexity index is 1590. The number of aliphatic hydroxyl groups is 1. The normalized spacial score (nSPS) is 16.7. The molecule has 0 unspecified atom stereocenters. The monoisotopic (exact) mass is 503 g/mol. The van der Waals surface area contributed by atoms with E-state index in [-0.39, 0.29) is 17.2 Å². The lowest BCUT2D eigenvalue weighted by molar-refractivity contribution is 0.00589. The Morgan fingerprint density at radius 2 is 1.64 bits per heavy atom. The molecule has 2 heterocycles. The summed E-state index contributed by atoms with van der Waals surface area (Å²) in [6, 6.07) is 18.8.